The molecule has 3 rings (SSSR count). The van der Waals surface area contributed by atoms with Gasteiger partial charge in [0.05, 0.1) is 25.3 Å². The molecule has 1 aromatic carbocycles. The van der Waals surface area contributed by atoms with Gasteiger partial charge >= 0.3 is 0 Å². The van der Waals surface area contributed by atoms with Crippen molar-refractivity contribution in [2.75, 3.05) is 13.2 Å². The quantitative estimate of drug-likeness (QED) is 0.913. The molecule has 4 heteroatoms. The summed E-state index contributed by atoms with van der Waals surface area (Å²) in [7, 11) is 0. The summed E-state index contributed by atoms with van der Waals surface area (Å²) in [6.45, 7) is 4.44. The average Bonchev–Trinajstić information content (AvgIpc) is 2.83. The minimum absolute atomic E-state index is 0.593. The summed E-state index contributed by atoms with van der Waals surface area (Å²) in [5.74, 6) is 2.65. The summed E-state index contributed by atoms with van der Waals surface area (Å²) in [4.78, 5) is 4.51. The van der Waals surface area contributed by atoms with E-state index in [1.165, 1.54) is 5.56 Å². The van der Waals surface area contributed by atoms with Gasteiger partial charge in [-0.05, 0) is 19.1 Å². The van der Waals surface area contributed by atoms with Gasteiger partial charge in [-0.25, -0.2) is 4.98 Å². The lowest BCUT2D eigenvalue weighted by molar-refractivity contribution is 0.303. The molecule has 1 aliphatic heterocycles. The molecule has 2 aromatic rings. The van der Waals surface area contributed by atoms with Gasteiger partial charge in [-0.2, -0.15) is 0 Å². The molecule has 4 nitrogen and oxygen atoms in total. The van der Waals surface area contributed by atoms with Gasteiger partial charge in [0.25, 0.3) is 0 Å². The molecule has 0 spiro atoms. The van der Waals surface area contributed by atoms with E-state index in [-0.39, 0.29) is 0 Å². The molecule has 0 amide bonds. The van der Waals surface area contributed by atoms with Gasteiger partial charge in [0, 0.05) is 13.0 Å². The molecule has 0 saturated carbocycles. The minimum Gasteiger partial charge on any atom is -0.493 e. The Morgan fingerprint density at radius 2 is 2.16 bits per heavy atom. The Hall–Kier alpha value is -1.81. The molecule has 19 heavy (non-hydrogen) atoms. The van der Waals surface area contributed by atoms with Crippen molar-refractivity contribution >= 4 is 0 Å². The van der Waals surface area contributed by atoms with Crippen molar-refractivity contribution in [1.82, 2.24) is 10.3 Å². The number of oxazole rings is 1. The van der Waals surface area contributed by atoms with Crippen molar-refractivity contribution < 1.29 is 9.15 Å². The van der Waals surface area contributed by atoms with Crippen LogP contribution in [0.1, 0.15) is 22.9 Å². The van der Waals surface area contributed by atoms with E-state index in [2.05, 4.69) is 17.2 Å². The highest BCUT2D eigenvalue weighted by Crippen LogP contribution is 2.16. The van der Waals surface area contributed by atoms with Gasteiger partial charge in [0.1, 0.15) is 11.5 Å². The summed E-state index contributed by atoms with van der Waals surface area (Å²) in [6, 6.07) is 8.06. The van der Waals surface area contributed by atoms with Crippen molar-refractivity contribution in [3.63, 3.8) is 0 Å². The number of benzene rings is 1. The second-order valence-electron chi connectivity index (χ2n) is 4.82. The van der Waals surface area contributed by atoms with E-state index < -0.39 is 0 Å². The molecule has 0 aliphatic carbocycles. The second kappa shape index (κ2) is 5.45. The zero-order valence-electron chi connectivity index (χ0n) is 11.1. The number of ether oxygens (including phenoxy) is 1. The summed E-state index contributed by atoms with van der Waals surface area (Å²) in [5, 5.41) is 3.28. The number of rotatable bonds is 4. The van der Waals surface area contributed by atoms with Crippen molar-refractivity contribution in [2.45, 2.75) is 26.3 Å². The fourth-order valence-corrected chi connectivity index (χ4v) is 2.18. The van der Waals surface area contributed by atoms with E-state index in [9.17, 15) is 0 Å². The first kappa shape index (κ1) is 12.2. The largest absolute Gasteiger partial charge is 0.493 e. The van der Waals surface area contributed by atoms with Gasteiger partial charge < -0.3 is 14.5 Å². The Morgan fingerprint density at radius 3 is 2.95 bits per heavy atom. The molecule has 0 radical (unpaired) electrons. The number of hydrogen-bond donors (Lipinski definition) is 1. The van der Waals surface area contributed by atoms with Crippen LogP contribution in [0.4, 0.5) is 0 Å². The molecule has 0 fully saturated rings. The van der Waals surface area contributed by atoms with Crippen LogP contribution in [0.25, 0.3) is 0 Å². The predicted octanol–water partition coefficient (Wildman–Crippen LogP) is 2.25. The lowest BCUT2D eigenvalue weighted by Crippen LogP contribution is -2.22. The summed E-state index contributed by atoms with van der Waals surface area (Å²) < 4.78 is 11.4. The van der Waals surface area contributed by atoms with E-state index in [0.29, 0.717) is 13.0 Å². The van der Waals surface area contributed by atoms with Crippen LogP contribution in [0.15, 0.2) is 28.7 Å². The van der Waals surface area contributed by atoms with Crippen molar-refractivity contribution in [2.24, 2.45) is 0 Å². The molecule has 0 unspecified atom stereocenters. The summed E-state index contributed by atoms with van der Waals surface area (Å²) in [5.41, 5.74) is 2.34. The van der Waals surface area contributed by atoms with Gasteiger partial charge in [-0.15, -0.1) is 0 Å². The Bertz CT molecular complexity index is 522. The monoisotopic (exact) mass is 258 g/mol. The van der Waals surface area contributed by atoms with Crippen LogP contribution in [-0.2, 0) is 19.4 Å². The normalized spacial score (nSPS) is 14.2. The van der Waals surface area contributed by atoms with Crippen LogP contribution >= 0.6 is 0 Å². The summed E-state index contributed by atoms with van der Waals surface area (Å²) in [6.07, 6.45) is 1.67. The third-order valence-corrected chi connectivity index (χ3v) is 3.25. The van der Waals surface area contributed by atoms with Crippen LogP contribution < -0.4 is 10.1 Å². The molecule has 2 heterocycles. The molecular formula is C15H18N2O2. The zero-order valence-corrected chi connectivity index (χ0v) is 11.1. The molecule has 0 saturated heterocycles. The van der Waals surface area contributed by atoms with Crippen molar-refractivity contribution in [3.8, 4) is 5.75 Å². The molecule has 1 aliphatic rings. The maximum absolute atomic E-state index is 5.71. The van der Waals surface area contributed by atoms with E-state index in [1.807, 2.05) is 24.3 Å². The number of hydrogen-bond acceptors (Lipinski definition) is 4. The zero-order chi connectivity index (χ0) is 13.1. The van der Waals surface area contributed by atoms with Crippen LogP contribution in [0, 0.1) is 6.92 Å². The Morgan fingerprint density at radius 1 is 1.32 bits per heavy atom. The number of aryl methyl sites for hydroxylation is 1. The average molecular weight is 258 g/mol. The van der Waals surface area contributed by atoms with Crippen LogP contribution in [0.2, 0.25) is 0 Å². The van der Waals surface area contributed by atoms with Gasteiger partial charge in [0.2, 0.25) is 0 Å². The van der Waals surface area contributed by atoms with E-state index >= 15 is 0 Å². The van der Waals surface area contributed by atoms with E-state index in [1.54, 1.807) is 0 Å². The molecule has 1 aromatic heterocycles. The van der Waals surface area contributed by atoms with E-state index in [4.69, 9.17) is 9.15 Å². The highest BCUT2D eigenvalue weighted by atomic mass is 16.5. The lowest BCUT2D eigenvalue weighted by atomic mass is 10.2. The third-order valence-electron chi connectivity index (χ3n) is 3.25. The van der Waals surface area contributed by atoms with Crippen molar-refractivity contribution in [1.29, 1.82) is 0 Å². The van der Waals surface area contributed by atoms with Crippen molar-refractivity contribution in [3.05, 3.63) is 47.2 Å². The van der Waals surface area contributed by atoms with Gasteiger partial charge in [0.15, 0.2) is 5.89 Å². The van der Waals surface area contributed by atoms with Gasteiger partial charge in [-0.3, -0.25) is 0 Å². The van der Waals surface area contributed by atoms with Crippen LogP contribution in [0.3, 0.4) is 0 Å². The maximum atomic E-state index is 5.71. The Kier molecular flexibility index (Phi) is 3.51. The maximum Gasteiger partial charge on any atom is 0.198 e. The highest BCUT2D eigenvalue weighted by molar-refractivity contribution is 5.26. The topological polar surface area (TPSA) is 47.3 Å². The molecule has 0 atom stereocenters. The van der Waals surface area contributed by atoms with Crippen LogP contribution in [-0.4, -0.2) is 18.1 Å². The third kappa shape index (κ3) is 2.96. The SMILES string of the molecule is Cc1ccc(OCCc2nc3c(o2)CNCC3)cc1. The number of aromatic nitrogens is 1. The molecular weight excluding hydrogens is 240 g/mol. The molecule has 100 valence electrons. The lowest BCUT2D eigenvalue weighted by Gasteiger charge is -2.08. The standard InChI is InChI=1S/C15H18N2O2/c1-11-2-4-12(5-3-11)18-9-7-15-17-13-6-8-16-10-14(13)19-15/h2-5,16H,6-10H2,1H3. The molecule has 0 bridgehead atoms. The number of fused-ring (bicyclic) bond motifs is 1. The number of nitrogens with zero attached hydrogens (tertiary/aromatic N) is 1. The minimum atomic E-state index is 0.593. The second-order valence-corrected chi connectivity index (χ2v) is 4.82. The first-order valence-corrected chi connectivity index (χ1v) is 6.69. The first-order chi connectivity index (χ1) is 9.31. The number of nitrogens with one attached hydrogen (secondary N) is 1. The Balaban J connectivity index is 1.54. The van der Waals surface area contributed by atoms with E-state index in [0.717, 1.165) is 42.6 Å². The first-order valence-electron chi connectivity index (χ1n) is 6.69. The predicted molar refractivity (Wildman–Crippen MR) is 72.3 cm³/mol. The van der Waals surface area contributed by atoms with Crippen LogP contribution in [0.5, 0.6) is 5.75 Å². The smallest absolute Gasteiger partial charge is 0.198 e. The molecule has 1 N–H and O–H groups in total. The highest BCUT2D eigenvalue weighted by Gasteiger charge is 2.16. The fourth-order valence-electron chi connectivity index (χ4n) is 2.18. The summed E-state index contributed by atoms with van der Waals surface area (Å²) >= 11 is 0. The fraction of sp³-hybridized carbons (Fsp3) is 0.400. The van der Waals surface area contributed by atoms with Gasteiger partial charge in [-0.1, -0.05) is 17.7 Å². The Labute approximate surface area is 112 Å².